The predicted octanol–water partition coefficient (Wildman–Crippen LogP) is 26.6. The fourth-order valence-electron chi connectivity index (χ4n) is 16.9. The van der Waals surface area contributed by atoms with Gasteiger partial charge in [-0.2, -0.15) is 0 Å². The Bertz CT molecular complexity index is 5980. The second-order valence-electron chi connectivity index (χ2n) is 38.0. The number of rotatable bonds is 6. The number of nitrogens with zero attached hydrogens (tertiary/aromatic N) is 3. The third-order valence-corrected chi connectivity index (χ3v) is 24.4. The number of hydrogen-bond donors (Lipinski definition) is 0. The van der Waals surface area contributed by atoms with Gasteiger partial charge >= 0.3 is 0 Å². The lowest BCUT2D eigenvalue weighted by atomic mass is 9.34. The number of hydrogen-bond acceptors (Lipinski definition) is 3. The lowest BCUT2D eigenvalue weighted by Gasteiger charge is -2.42. The number of aromatic nitrogens is 2. The summed E-state index contributed by atoms with van der Waals surface area (Å²) >= 11 is 1.95. The molecule has 15 aromatic rings. The van der Waals surface area contributed by atoms with E-state index < -0.39 is 0 Å². The van der Waals surface area contributed by atoms with Crippen LogP contribution in [0.25, 0.3) is 110 Å². The molecule has 106 heavy (non-hydrogen) atoms. The first-order valence-electron chi connectivity index (χ1n) is 38.4. The molecule has 0 amide bonds. The monoisotopic (exact) mass is 1400 g/mol. The zero-order valence-electron chi connectivity index (χ0n) is 66.1. The summed E-state index contributed by atoms with van der Waals surface area (Å²) < 4.78 is 12.0. The quantitative estimate of drug-likeness (QED) is 0.155. The van der Waals surface area contributed by atoms with Crippen LogP contribution in [0.2, 0.25) is 0 Å². The molecule has 0 fully saturated rings. The van der Waals surface area contributed by atoms with Crippen LogP contribution in [0.15, 0.2) is 239 Å². The Balaban J connectivity index is 1.02. The highest BCUT2D eigenvalue weighted by atomic mass is 32.2. The zero-order chi connectivity index (χ0) is 74.6. The zero-order valence-corrected chi connectivity index (χ0v) is 66.9. The Kier molecular flexibility index (Phi) is 15.6. The lowest BCUT2D eigenvalue weighted by Crippen LogP contribution is -2.60. The van der Waals surface area contributed by atoms with Crippen LogP contribution in [0.4, 0.5) is 17.1 Å². The van der Waals surface area contributed by atoms with Crippen molar-refractivity contribution in [2.75, 3.05) is 4.90 Å². The molecule has 4 nitrogen and oxygen atoms in total. The van der Waals surface area contributed by atoms with Gasteiger partial charge in [-0.05, 0) is 219 Å². The van der Waals surface area contributed by atoms with Crippen molar-refractivity contribution in [2.45, 2.75) is 193 Å². The van der Waals surface area contributed by atoms with E-state index in [1.807, 2.05) is 11.8 Å². The summed E-state index contributed by atoms with van der Waals surface area (Å²) in [5.41, 5.74) is 31.8. The van der Waals surface area contributed by atoms with Crippen LogP contribution < -0.4 is 21.3 Å². The van der Waals surface area contributed by atoms with E-state index >= 15 is 0 Å². The van der Waals surface area contributed by atoms with Gasteiger partial charge < -0.3 is 18.5 Å². The van der Waals surface area contributed by atoms with Crippen molar-refractivity contribution in [3.8, 4) is 44.8 Å². The van der Waals surface area contributed by atoms with Gasteiger partial charge in [0.05, 0.1) is 27.8 Å². The van der Waals surface area contributed by atoms with E-state index in [9.17, 15) is 0 Å². The highest BCUT2D eigenvalue weighted by Gasteiger charge is 2.44. The van der Waals surface area contributed by atoms with E-state index in [4.69, 9.17) is 4.42 Å². The first-order chi connectivity index (χ1) is 49.9. The summed E-state index contributed by atoms with van der Waals surface area (Å²) in [6.45, 7) is 49.2. The molecule has 0 saturated heterocycles. The molecule has 0 bridgehead atoms. The summed E-state index contributed by atoms with van der Waals surface area (Å²) in [5.74, 6) is 0. The Hall–Kier alpha value is -9.75. The Morgan fingerprint density at radius 3 is 1.25 bits per heavy atom. The van der Waals surface area contributed by atoms with Crippen LogP contribution in [0, 0.1) is 0 Å². The van der Waals surface area contributed by atoms with Gasteiger partial charge in [0.15, 0.2) is 0 Å². The summed E-state index contributed by atoms with van der Waals surface area (Å²) in [7, 11) is 0. The highest BCUT2D eigenvalue weighted by Crippen LogP contribution is 2.55. The minimum absolute atomic E-state index is 0.0219. The van der Waals surface area contributed by atoms with E-state index in [-0.39, 0.29) is 44.6 Å². The molecule has 5 heterocycles. The minimum atomic E-state index is -0.234. The molecule has 6 heteroatoms. The van der Waals surface area contributed by atoms with Crippen molar-refractivity contribution in [3.05, 3.63) is 263 Å². The molecule has 0 N–H and O–H groups in total. The van der Waals surface area contributed by atoms with Gasteiger partial charge in [-0.3, -0.25) is 0 Å². The fourth-order valence-corrected chi connectivity index (χ4v) is 18.1. The predicted molar refractivity (Wildman–Crippen MR) is 460 cm³/mol. The maximum absolute atomic E-state index is 6.91. The van der Waals surface area contributed by atoms with Crippen LogP contribution in [0.3, 0.4) is 0 Å². The molecule has 0 radical (unpaired) electrons. The first kappa shape index (κ1) is 69.3. The first-order valence-corrected chi connectivity index (χ1v) is 39.2. The van der Waals surface area contributed by atoms with E-state index in [2.05, 4.69) is 384 Å². The number of anilines is 3. The molecule has 530 valence electrons. The summed E-state index contributed by atoms with van der Waals surface area (Å²) in [5, 5.41) is 7.32. The average Bonchev–Trinajstić information content (AvgIpc) is 0.884. The molecule has 2 aliphatic heterocycles. The summed E-state index contributed by atoms with van der Waals surface area (Å²) in [6, 6.07) is 88.2. The van der Waals surface area contributed by atoms with Crippen LogP contribution in [-0.4, -0.2) is 15.8 Å². The molecule has 0 unspecified atom stereocenters. The molecule has 3 aromatic heterocycles. The largest absolute Gasteiger partial charge is 0.456 e. The summed E-state index contributed by atoms with van der Waals surface area (Å²) in [4.78, 5) is 5.27. The van der Waals surface area contributed by atoms with Crippen molar-refractivity contribution in [1.29, 1.82) is 0 Å². The van der Waals surface area contributed by atoms with Crippen molar-refractivity contribution >= 4 is 117 Å². The van der Waals surface area contributed by atoms with Gasteiger partial charge in [0.25, 0.3) is 0 Å². The molecule has 0 spiro atoms. The second-order valence-corrected chi connectivity index (χ2v) is 39.0. The van der Waals surface area contributed by atoms with Gasteiger partial charge in [-0.15, -0.1) is 0 Å². The molecule has 0 atom stereocenters. The topological polar surface area (TPSA) is 26.2 Å². The van der Waals surface area contributed by atoms with Gasteiger partial charge in [0.2, 0.25) is 6.71 Å². The molecular formula is C100H100BN3OS. The van der Waals surface area contributed by atoms with Crippen molar-refractivity contribution in [3.63, 3.8) is 0 Å². The third-order valence-electron chi connectivity index (χ3n) is 23.2. The molecular weight excluding hydrogens is 1300 g/mol. The Labute approximate surface area is 633 Å². The number of furan rings is 1. The van der Waals surface area contributed by atoms with Gasteiger partial charge in [-0.1, -0.05) is 278 Å². The van der Waals surface area contributed by atoms with Crippen LogP contribution in [0.1, 0.15) is 184 Å². The van der Waals surface area contributed by atoms with E-state index in [0.717, 1.165) is 66.9 Å². The SMILES string of the molecule is CC(C)(C)c1cc(-c2cc3c4c(c2)N(c2c(-c5ccccc5)cc(C(C)(C)C)cc2-c2cccc5oc6ccccc6c25)c2cc(-n5c6ccc(C(C)(C)C)cc6c6cc(C(C)(C)C)ccc65)ccc2B4c2ccc(-n4c5ccc(C(C)(C)C)cc5c5cc(C(C)(C)C)ccc54)cc2S3)cc(C(C)(C)C)c1. The maximum Gasteiger partial charge on any atom is 0.249 e. The Morgan fingerprint density at radius 2 is 0.736 bits per heavy atom. The van der Waals surface area contributed by atoms with Crippen molar-refractivity contribution in [2.24, 2.45) is 0 Å². The molecule has 12 aromatic carbocycles. The summed E-state index contributed by atoms with van der Waals surface area (Å²) in [6.07, 6.45) is 0. The van der Waals surface area contributed by atoms with Crippen LogP contribution in [0.5, 0.6) is 0 Å². The van der Waals surface area contributed by atoms with E-state index in [1.54, 1.807) is 0 Å². The average molecular weight is 1400 g/mol. The van der Waals surface area contributed by atoms with Crippen molar-refractivity contribution in [1.82, 2.24) is 9.13 Å². The smallest absolute Gasteiger partial charge is 0.249 e. The lowest BCUT2D eigenvalue weighted by molar-refractivity contribution is 0.569. The standard InChI is InChI=1S/C100H100BN3OS/c1-94(2,3)62-34-42-81-74(51-62)75-52-63(95(4,5)6)35-43-82(75)102(81)69-38-40-79-85(57-69)104(93-73(59-28-23-22-24-29-59)55-68(100(19,20)21)56-78(93)71-31-27-33-88-91(71)72-30-25-26-32-87(72)105-88)86-48-61(60-46-66(98(13,14)15)50-67(47-60)99(16,17)18)49-90-92(86)101(79)80-41-39-70(58-89(80)106-90)103-83-44-36-64(96(7,8)9)53-76(83)77-54-65(97(10,11)12)37-45-84(77)103/h22-58H,1-21H3. The number of para-hydroxylation sites is 1. The van der Waals surface area contributed by atoms with E-state index in [1.165, 1.54) is 126 Å². The minimum Gasteiger partial charge on any atom is -0.456 e. The molecule has 2 aliphatic rings. The number of benzene rings is 12. The Morgan fingerprint density at radius 1 is 0.292 bits per heavy atom. The molecule has 17 rings (SSSR count). The van der Waals surface area contributed by atoms with Gasteiger partial charge in [0.1, 0.15) is 11.2 Å². The normalized spacial score (nSPS) is 13.8. The second kappa shape index (κ2) is 23.9. The van der Waals surface area contributed by atoms with Crippen LogP contribution >= 0.6 is 11.8 Å². The molecule has 0 aliphatic carbocycles. The fraction of sp³-hybridized carbons (Fsp3) is 0.280. The number of fused-ring (bicyclic) bond motifs is 13. The third kappa shape index (κ3) is 11.5. The maximum atomic E-state index is 6.91. The molecule has 0 saturated carbocycles. The van der Waals surface area contributed by atoms with Gasteiger partial charge in [0, 0.05) is 76.0 Å². The van der Waals surface area contributed by atoms with Crippen molar-refractivity contribution < 1.29 is 4.42 Å². The van der Waals surface area contributed by atoms with E-state index in [0.29, 0.717) is 0 Å². The van der Waals surface area contributed by atoms with Crippen LogP contribution in [-0.2, 0) is 37.9 Å². The highest BCUT2D eigenvalue weighted by molar-refractivity contribution is 8.00. The van der Waals surface area contributed by atoms with Gasteiger partial charge in [-0.25, -0.2) is 0 Å².